The van der Waals surface area contributed by atoms with Crippen molar-refractivity contribution >= 4 is 17.9 Å². The van der Waals surface area contributed by atoms with Crippen molar-refractivity contribution < 1.29 is 19.1 Å². The van der Waals surface area contributed by atoms with Gasteiger partial charge in [-0.15, -0.1) is 0 Å². The van der Waals surface area contributed by atoms with Crippen LogP contribution in [0.15, 0.2) is 54.6 Å². The van der Waals surface area contributed by atoms with Gasteiger partial charge in [-0.25, -0.2) is 4.79 Å². The zero-order chi connectivity index (χ0) is 18.2. The number of carbonyl (C=O) groups excluding carboxylic acids is 3. The zero-order valence-electron chi connectivity index (χ0n) is 14.1. The number of imide groups is 1. The van der Waals surface area contributed by atoms with Crippen LogP contribution >= 0.6 is 0 Å². The Morgan fingerprint density at radius 3 is 2.28 bits per heavy atom. The third-order valence-electron chi connectivity index (χ3n) is 3.65. The summed E-state index contributed by atoms with van der Waals surface area (Å²) in [4.78, 5) is 36.0. The molecule has 0 spiro atoms. The lowest BCUT2D eigenvalue weighted by atomic mass is 10.1. The Bertz CT molecular complexity index is 759. The van der Waals surface area contributed by atoms with Gasteiger partial charge in [-0.1, -0.05) is 54.6 Å². The van der Waals surface area contributed by atoms with Crippen LogP contribution in [-0.4, -0.2) is 25.0 Å². The van der Waals surface area contributed by atoms with Crippen LogP contribution in [0.3, 0.4) is 0 Å². The summed E-state index contributed by atoms with van der Waals surface area (Å²) < 4.78 is 5.37. The number of benzene rings is 2. The highest BCUT2D eigenvalue weighted by Crippen LogP contribution is 2.19. The lowest BCUT2D eigenvalue weighted by Gasteiger charge is -2.18. The summed E-state index contributed by atoms with van der Waals surface area (Å²) in [5.74, 6) is -1.25. The monoisotopic (exact) mass is 340 g/mol. The topological polar surface area (TPSA) is 84.5 Å². The van der Waals surface area contributed by atoms with Gasteiger partial charge in [0.15, 0.2) is 0 Å². The van der Waals surface area contributed by atoms with Crippen molar-refractivity contribution in [3.8, 4) is 0 Å². The molecule has 1 atom stereocenters. The lowest BCUT2D eigenvalue weighted by Crippen LogP contribution is -2.41. The standard InChI is InChI=1S/C19H20N2O4/c1-13-8-6-7-11-15(13)12-16(22)25-17(14-9-4-3-5-10-14)18(23)21-19(24)20-2/h3-11,17H,12H2,1-2H3,(H2,20,21,23,24)/t17-/m1/s1. The van der Waals surface area contributed by atoms with Crippen molar-refractivity contribution in [3.05, 3.63) is 71.3 Å². The molecule has 0 radical (unpaired) electrons. The number of aryl methyl sites for hydroxylation is 1. The minimum absolute atomic E-state index is 0.0449. The average molecular weight is 340 g/mol. The molecule has 130 valence electrons. The van der Waals surface area contributed by atoms with E-state index in [9.17, 15) is 14.4 Å². The molecule has 6 nitrogen and oxygen atoms in total. The number of urea groups is 1. The molecule has 0 aliphatic carbocycles. The second-order valence-corrected chi connectivity index (χ2v) is 5.45. The van der Waals surface area contributed by atoms with E-state index in [0.717, 1.165) is 11.1 Å². The molecule has 0 bridgehead atoms. The molecule has 6 heteroatoms. The van der Waals surface area contributed by atoms with Gasteiger partial charge in [0, 0.05) is 12.6 Å². The van der Waals surface area contributed by atoms with E-state index in [1.807, 2.05) is 31.2 Å². The predicted molar refractivity (Wildman–Crippen MR) is 92.8 cm³/mol. The molecular weight excluding hydrogens is 320 g/mol. The molecular formula is C19H20N2O4. The first-order chi connectivity index (χ1) is 12.0. The first-order valence-electron chi connectivity index (χ1n) is 7.82. The predicted octanol–water partition coefficient (Wildman–Crippen LogP) is 2.28. The minimum atomic E-state index is -1.20. The maximum Gasteiger partial charge on any atom is 0.321 e. The molecule has 2 aromatic rings. The number of carbonyl (C=O) groups is 3. The van der Waals surface area contributed by atoms with Gasteiger partial charge in [-0.05, 0) is 18.1 Å². The molecule has 25 heavy (non-hydrogen) atoms. The van der Waals surface area contributed by atoms with E-state index in [1.54, 1.807) is 30.3 Å². The fraction of sp³-hybridized carbons (Fsp3) is 0.211. The van der Waals surface area contributed by atoms with Crippen molar-refractivity contribution in [2.75, 3.05) is 7.05 Å². The van der Waals surface area contributed by atoms with Crippen molar-refractivity contribution in [1.29, 1.82) is 0 Å². The molecule has 3 amide bonds. The van der Waals surface area contributed by atoms with Gasteiger partial charge in [0.1, 0.15) is 0 Å². The third-order valence-corrected chi connectivity index (χ3v) is 3.65. The average Bonchev–Trinajstić information content (AvgIpc) is 2.62. The smallest absolute Gasteiger partial charge is 0.321 e. The number of nitrogens with one attached hydrogen (secondary N) is 2. The number of amides is 3. The fourth-order valence-corrected chi connectivity index (χ4v) is 2.28. The third kappa shape index (κ3) is 5.17. The van der Waals surface area contributed by atoms with Gasteiger partial charge < -0.3 is 10.1 Å². The first kappa shape index (κ1) is 18.2. The summed E-state index contributed by atoms with van der Waals surface area (Å²) in [7, 11) is 1.39. The quantitative estimate of drug-likeness (QED) is 0.818. The van der Waals surface area contributed by atoms with Crippen LogP contribution in [0.2, 0.25) is 0 Å². The summed E-state index contributed by atoms with van der Waals surface area (Å²) in [5, 5.41) is 4.43. The number of esters is 1. The van der Waals surface area contributed by atoms with E-state index in [-0.39, 0.29) is 6.42 Å². The Balaban J connectivity index is 2.15. The van der Waals surface area contributed by atoms with E-state index in [1.165, 1.54) is 7.05 Å². The van der Waals surface area contributed by atoms with E-state index in [0.29, 0.717) is 5.56 Å². The number of ether oxygens (including phenoxy) is 1. The second kappa shape index (κ2) is 8.63. The summed E-state index contributed by atoms with van der Waals surface area (Å²) in [5.41, 5.74) is 2.28. The lowest BCUT2D eigenvalue weighted by molar-refractivity contribution is -0.155. The molecule has 0 aliphatic rings. The van der Waals surface area contributed by atoms with Crippen molar-refractivity contribution in [1.82, 2.24) is 10.6 Å². The van der Waals surface area contributed by atoms with Crippen molar-refractivity contribution in [2.24, 2.45) is 0 Å². The van der Waals surface area contributed by atoms with E-state index >= 15 is 0 Å². The molecule has 0 unspecified atom stereocenters. The van der Waals surface area contributed by atoms with Crippen LogP contribution in [0, 0.1) is 6.92 Å². The van der Waals surface area contributed by atoms with Crippen LogP contribution in [-0.2, 0) is 20.7 Å². The molecule has 0 saturated heterocycles. The Hall–Kier alpha value is -3.15. The Morgan fingerprint density at radius 1 is 1.00 bits per heavy atom. The molecule has 0 aromatic heterocycles. The minimum Gasteiger partial charge on any atom is -0.447 e. The van der Waals surface area contributed by atoms with Crippen LogP contribution in [0.25, 0.3) is 0 Å². The van der Waals surface area contributed by atoms with Crippen LogP contribution in [0.5, 0.6) is 0 Å². The number of rotatable bonds is 5. The van der Waals surface area contributed by atoms with E-state index in [2.05, 4.69) is 10.6 Å². The number of hydrogen-bond acceptors (Lipinski definition) is 4. The van der Waals surface area contributed by atoms with E-state index < -0.39 is 24.0 Å². The maximum atomic E-state index is 12.3. The van der Waals surface area contributed by atoms with Gasteiger partial charge in [0.2, 0.25) is 6.10 Å². The SMILES string of the molecule is CNC(=O)NC(=O)[C@H](OC(=O)Cc1ccccc1C)c1ccccc1. The van der Waals surface area contributed by atoms with E-state index in [4.69, 9.17) is 4.74 Å². The zero-order valence-corrected chi connectivity index (χ0v) is 14.1. The fourth-order valence-electron chi connectivity index (χ4n) is 2.28. The Kier molecular flexibility index (Phi) is 6.28. The first-order valence-corrected chi connectivity index (χ1v) is 7.82. The number of hydrogen-bond donors (Lipinski definition) is 2. The normalized spacial score (nSPS) is 11.3. The highest BCUT2D eigenvalue weighted by Gasteiger charge is 2.26. The van der Waals surface area contributed by atoms with Crippen LogP contribution in [0.4, 0.5) is 4.79 Å². The Morgan fingerprint density at radius 2 is 1.64 bits per heavy atom. The van der Waals surface area contributed by atoms with Gasteiger partial charge in [0.05, 0.1) is 6.42 Å². The molecule has 0 saturated carbocycles. The van der Waals surface area contributed by atoms with Crippen LogP contribution < -0.4 is 10.6 Å². The van der Waals surface area contributed by atoms with Crippen molar-refractivity contribution in [2.45, 2.75) is 19.4 Å². The molecule has 0 fully saturated rings. The van der Waals surface area contributed by atoms with Gasteiger partial charge in [-0.3, -0.25) is 14.9 Å². The highest BCUT2D eigenvalue weighted by molar-refractivity contribution is 5.97. The summed E-state index contributed by atoms with van der Waals surface area (Å²) >= 11 is 0. The van der Waals surface area contributed by atoms with Crippen LogP contribution in [0.1, 0.15) is 22.8 Å². The molecule has 2 N–H and O–H groups in total. The maximum absolute atomic E-state index is 12.3. The second-order valence-electron chi connectivity index (χ2n) is 5.45. The van der Waals surface area contributed by atoms with Gasteiger partial charge in [0.25, 0.3) is 5.91 Å². The molecule has 2 rings (SSSR count). The Labute approximate surface area is 146 Å². The summed E-state index contributed by atoms with van der Waals surface area (Å²) in [6.45, 7) is 1.90. The molecule has 0 heterocycles. The largest absolute Gasteiger partial charge is 0.447 e. The summed E-state index contributed by atoms with van der Waals surface area (Å²) in [6, 6.07) is 15.3. The highest BCUT2D eigenvalue weighted by atomic mass is 16.5. The molecule has 0 aliphatic heterocycles. The molecule has 2 aromatic carbocycles. The van der Waals surface area contributed by atoms with Gasteiger partial charge >= 0.3 is 12.0 Å². The summed E-state index contributed by atoms with van der Waals surface area (Å²) in [6.07, 6.45) is -1.15. The van der Waals surface area contributed by atoms with Crippen molar-refractivity contribution in [3.63, 3.8) is 0 Å². The van der Waals surface area contributed by atoms with Gasteiger partial charge in [-0.2, -0.15) is 0 Å².